The van der Waals surface area contributed by atoms with Crippen LogP contribution in [0.1, 0.15) is 64.1 Å². The Hall–Kier alpha value is -3.81. The van der Waals surface area contributed by atoms with Gasteiger partial charge in [0.25, 0.3) is 0 Å². The fraction of sp³-hybridized carbons (Fsp3) is 0.379. The number of nitrogens with two attached hydrogens (primary N) is 1. The predicted octanol–water partition coefficient (Wildman–Crippen LogP) is 6.39. The molecule has 1 aromatic carbocycles. The van der Waals surface area contributed by atoms with Crippen molar-refractivity contribution >= 4 is 17.2 Å². The van der Waals surface area contributed by atoms with E-state index in [-0.39, 0.29) is 17.8 Å². The molecule has 3 aromatic rings. The van der Waals surface area contributed by atoms with Crippen LogP contribution in [0.15, 0.2) is 65.9 Å². The van der Waals surface area contributed by atoms with Gasteiger partial charge in [-0.15, -0.1) is 0 Å². The van der Waals surface area contributed by atoms with E-state index in [0.717, 1.165) is 29.9 Å². The van der Waals surface area contributed by atoms with E-state index in [9.17, 15) is 4.39 Å². The number of aromatic nitrogens is 4. The van der Waals surface area contributed by atoms with Gasteiger partial charge in [0, 0.05) is 16.7 Å². The number of allylic oxidation sites excluding steroid dienone is 2. The molecule has 2 aromatic heterocycles. The summed E-state index contributed by atoms with van der Waals surface area (Å²) >= 11 is 0. The molecule has 0 radical (unpaired) electrons. The molecular weight excluding hydrogens is 465 g/mol. The lowest BCUT2D eigenvalue weighted by Crippen LogP contribution is -2.26. The normalized spacial score (nSPS) is 16.1. The lowest BCUT2D eigenvalue weighted by molar-refractivity contribution is 0.270. The van der Waals surface area contributed by atoms with E-state index in [1.165, 1.54) is 25.3 Å². The first-order valence-electron chi connectivity index (χ1n) is 13.0. The number of benzene rings is 1. The third kappa shape index (κ3) is 5.79. The quantitative estimate of drug-likeness (QED) is 0.391. The molecule has 0 unspecified atom stereocenters. The molecule has 0 atom stereocenters. The summed E-state index contributed by atoms with van der Waals surface area (Å²) in [7, 11) is 0. The number of anilines is 2. The topological polar surface area (TPSA) is 94.0 Å². The van der Waals surface area contributed by atoms with Crippen LogP contribution in [0.3, 0.4) is 0 Å². The Bertz CT molecular complexity index is 1320. The van der Waals surface area contributed by atoms with Crippen molar-refractivity contribution in [1.29, 1.82) is 0 Å². The summed E-state index contributed by atoms with van der Waals surface area (Å²) < 4.78 is 16.1. The molecule has 0 saturated heterocycles. The van der Waals surface area contributed by atoms with Crippen molar-refractivity contribution in [2.75, 3.05) is 17.6 Å². The maximum absolute atomic E-state index is 14.3. The van der Waals surface area contributed by atoms with Crippen molar-refractivity contribution in [3.63, 3.8) is 0 Å². The Balaban J connectivity index is 0.00000156. The minimum absolute atomic E-state index is 0.0409. The SMILES string of the molecule is C=C(Nc1cnc(-c2cc(C3=NCC=C3)n(Cc3ccccc3F)n2)nc1N)C1(C)CCCCC1.CC. The number of nitrogens with one attached hydrogen (secondary N) is 1. The first-order chi connectivity index (χ1) is 17.9. The molecule has 0 bridgehead atoms. The number of aliphatic imine (C=N–C) groups is 1. The molecule has 194 valence electrons. The first kappa shape index (κ1) is 26.3. The van der Waals surface area contributed by atoms with Gasteiger partial charge in [0.05, 0.1) is 36.4 Å². The Kier molecular flexibility index (Phi) is 8.16. The van der Waals surface area contributed by atoms with Crippen molar-refractivity contribution in [2.45, 2.75) is 59.4 Å². The summed E-state index contributed by atoms with van der Waals surface area (Å²) in [6.07, 6.45) is 11.5. The van der Waals surface area contributed by atoms with Crippen LogP contribution < -0.4 is 11.1 Å². The number of nitrogen functional groups attached to an aromatic ring is 1. The van der Waals surface area contributed by atoms with E-state index in [0.29, 0.717) is 35.1 Å². The zero-order chi connectivity index (χ0) is 26.4. The molecule has 1 aliphatic heterocycles. The second-order valence-electron chi connectivity index (χ2n) is 9.51. The zero-order valence-corrected chi connectivity index (χ0v) is 22.0. The summed E-state index contributed by atoms with van der Waals surface area (Å²) in [5.74, 6) is 0.458. The first-order valence-corrected chi connectivity index (χ1v) is 13.0. The predicted molar refractivity (Wildman–Crippen MR) is 149 cm³/mol. The van der Waals surface area contributed by atoms with Crippen LogP contribution in [0.5, 0.6) is 0 Å². The highest BCUT2D eigenvalue weighted by Crippen LogP contribution is 2.41. The summed E-state index contributed by atoms with van der Waals surface area (Å²) in [5.41, 5.74) is 10.6. The maximum atomic E-state index is 14.3. The Labute approximate surface area is 218 Å². The average molecular weight is 502 g/mol. The second-order valence-corrected chi connectivity index (χ2v) is 9.51. The third-order valence-electron chi connectivity index (χ3n) is 6.98. The van der Waals surface area contributed by atoms with Gasteiger partial charge in [-0.3, -0.25) is 9.67 Å². The molecule has 3 heterocycles. The Morgan fingerprint density at radius 1 is 1.19 bits per heavy atom. The second kappa shape index (κ2) is 11.5. The summed E-state index contributed by atoms with van der Waals surface area (Å²) in [4.78, 5) is 13.6. The Morgan fingerprint density at radius 2 is 1.95 bits per heavy atom. The van der Waals surface area contributed by atoms with Crippen LogP contribution in [0.25, 0.3) is 11.5 Å². The summed E-state index contributed by atoms with van der Waals surface area (Å²) in [6, 6.07) is 8.56. The molecule has 3 N–H and O–H groups in total. The van der Waals surface area contributed by atoms with Gasteiger partial charge < -0.3 is 11.1 Å². The van der Waals surface area contributed by atoms with E-state index in [4.69, 9.17) is 10.8 Å². The van der Waals surface area contributed by atoms with Crippen LogP contribution in [0.2, 0.25) is 0 Å². The molecule has 0 amide bonds. The highest BCUT2D eigenvalue weighted by atomic mass is 19.1. The molecule has 37 heavy (non-hydrogen) atoms. The van der Waals surface area contributed by atoms with Gasteiger partial charge in [-0.1, -0.05) is 70.9 Å². The van der Waals surface area contributed by atoms with Crippen molar-refractivity contribution in [2.24, 2.45) is 10.4 Å². The van der Waals surface area contributed by atoms with Crippen molar-refractivity contribution in [3.8, 4) is 11.5 Å². The van der Waals surface area contributed by atoms with Crippen molar-refractivity contribution in [3.05, 3.63) is 78.0 Å². The number of hydrogen-bond acceptors (Lipinski definition) is 6. The standard InChI is InChI=1S/C27H30FN7.C2H6/c1-18(27(2)12-6-3-7-13-27)32-23-16-31-26(33-25(23)29)22-15-24(21-11-8-14-30-21)35(34-22)17-19-9-4-5-10-20(19)28;1-2/h4-5,8-11,15-16,32H,1,3,6-7,12-14,17H2,2H3,(H2,29,31,33);1-2H3. The van der Waals surface area contributed by atoms with Gasteiger partial charge in [0.15, 0.2) is 11.6 Å². The highest BCUT2D eigenvalue weighted by molar-refractivity contribution is 6.09. The van der Waals surface area contributed by atoms with E-state index in [1.54, 1.807) is 23.0 Å². The Morgan fingerprint density at radius 3 is 2.62 bits per heavy atom. The van der Waals surface area contributed by atoms with Crippen LogP contribution in [0, 0.1) is 11.2 Å². The maximum Gasteiger partial charge on any atom is 0.182 e. The highest BCUT2D eigenvalue weighted by Gasteiger charge is 2.30. The molecule has 8 heteroatoms. The van der Waals surface area contributed by atoms with E-state index in [1.807, 2.05) is 38.1 Å². The zero-order valence-electron chi connectivity index (χ0n) is 22.0. The summed E-state index contributed by atoms with van der Waals surface area (Å²) in [5, 5.41) is 8.05. The van der Waals surface area contributed by atoms with E-state index >= 15 is 0 Å². The number of nitrogens with zero attached hydrogens (tertiary/aromatic N) is 5. The van der Waals surface area contributed by atoms with Crippen LogP contribution in [-0.2, 0) is 6.54 Å². The van der Waals surface area contributed by atoms with Crippen molar-refractivity contribution in [1.82, 2.24) is 19.7 Å². The third-order valence-corrected chi connectivity index (χ3v) is 6.98. The van der Waals surface area contributed by atoms with Crippen LogP contribution >= 0.6 is 0 Å². The summed E-state index contributed by atoms with van der Waals surface area (Å²) in [6.45, 7) is 11.4. The number of rotatable bonds is 7. The van der Waals surface area contributed by atoms with E-state index < -0.39 is 0 Å². The van der Waals surface area contributed by atoms with Crippen LogP contribution in [-0.4, -0.2) is 32.0 Å². The van der Waals surface area contributed by atoms with Gasteiger partial charge in [-0.2, -0.15) is 5.10 Å². The molecule has 1 saturated carbocycles. The molecule has 1 fully saturated rings. The monoisotopic (exact) mass is 501 g/mol. The fourth-order valence-corrected chi connectivity index (χ4v) is 4.74. The number of hydrogen-bond donors (Lipinski definition) is 2. The largest absolute Gasteiger partial charge is 0.382 e. The molecule has 7 nitrogen and oxygen atoms in total. The molecule has 1 aliphatic carbocycles. The molecule has 2 aliphatic rings. The molecule has 0 spiro atoms. The van der Waals surface area contributed by atoms with Gasteiger partial charge in [0.1, 0.15) is 11.5 Å². The fourth-order valence-electron chi connectivity index (χ4n) is 4.74. The van der Waals surface area contributed by atoms with Gasteiger partial charge in [0.2, 0.25) is 0 Å². The van der Waals surface area contributed by atoms with Gasteiger partial charge in [-0.05, 0) is 31.1 Å². The minimum atomic E-state index is -0.276. The van der Waals surface area contributed by atoms with Gasteiger partial charge in [-0.25, -0.2) is 14.4 Å². The lowest BCUT2D eigenvalue weighted by atomic mass is 9.73. The minimum Gasteiger partial charge on any atom is -0.382 e. The lowest BCUT2D eigenvalue weighted by Gasteiger charge is -2.36. The van der Waals surface area contributed by atoms with E-state index in [2.05, 4.69) is 33.8 Å². The average Bonchev–Trinajstić information content (AvgIpc) is 3.58. The molecular formula is C29H36FN7. The molecule has 5 rings (SSSR count). The van der Waals surface area contributed by atoms with Gasteiger partial charge >= 0.3 is 0 Å². The van der Waals surface area contributed by atoms with Crippen LogP contribution in [0.4, 0.5) is 15.9 Å². The number of halogens is 1. The smallest absolute Gasteiger partial charge is 0.182 e. The van der Waals surface area contributed by atoms with Crippen molar-refractivity contribution < 1.29 is 4.39 Å².